The van der Waals surface area contributed by atoms with E-state index in [0.717, 1.165) is 44.3 Å². The minimum atomic E-state index is -5.75. The number of aliphatic hydroxyl groups excluding tert-OH is 1. The lowest BCUT2D eigenvalue weighted by Gasteiger charge is -2.61. The Bertz CT molecular complexity index is 1180. The highest BCUT2D eigenvalue weighted by molar-refractivity contribution is 6.74. The largest absolute Gasteiger partial charge is 0.497 e. The number of fused-ring (bicyclic) bond motifs is 5. The monoisotopic (exact) mass is 644 g/mol. The number of methoxy groups -OCH3 is 1. The summed E-state index contributed by atoms with van der Waals surface area (Å²) in [4.78, 5) is 0. The lowest BCUT2D eigenvalue weighted by atomic mass is 9.44. The molecule has 44 heavy (non-hydrogen) atoms. The van der Waals surface area contributed by atoms with Gasteiger partial charge in [0.05, 0.1) is 13.2 Å². The topological polar surface area (TPSA) is 38.7 Å². The SMILES string of the molecule is C=C[C@]12CCc3cc(OC)ccc3[C@H]1[C@@H](CCCCC[C@@H](O)C(F)(F)C(F)(F)F)C[C@]1(C)[C@@H](O[Si](C)(C)C(C)(C)C)CC[C@H]12. The van der Waals surface area contributed by atoms with Crippen LogP contribution in [0.4, 0.5) is 22.0 Å². The van der Waals surface area contributed by atoms with Crippen LogP contribution in [0.2, 0.25) is 18.1 Å². The number of halogens is 5. The highest BCUT2D eigenvalue weighted by Crippen LogP contribution is 2.70. The van der Waals surface area contributed by atoms with E-state index in [0.29, 0.717) is 18.8 Å². The van der Waals surface area contributed by atoms with Gasteiger partial charge in [-0.1, -0.05) is 59.1 Å². The smallest absolute Gasteiger partial charge is 0.456 e. The normalized spacial score (nSPS) is 31.6. The van der Waals surface area contributed by atoms with Gasteiger partial charge in [0.1, 0.15) is 11.9 Å². The molecule has 9 heteroatoms. The fourth-order valence-electron chi connectivity index (χ4n) is 8.81. The minimum Gasteiger partial charge on any atom is -0.497 e. The maximum atomic E-state index is 13.6. The Kier molecular flexibility index (Phi) is 9.89. The van der Waals surface area contributed by atoms with Crippen LogP contribution in [0.5, 0.6) is 5.75 Å². The Labute approximate surface area is 262 Å². The van der Waals surface area contributed by atoms with Crippen molar-refractivity contribution in [1.29, 1.82) is 0 Å². The molecule has 0 bridgehead atoms. The van der Waals surface area contributed by atoms with Crippen molar-refractivity contribution in [2.45, 2.75) is 140 Å². The first kappa shape index (κ1) is 35.4. The van der Waals surface area contributed by atoms with Crippen LogP contribution in [-0.4, -0.2) is 44.8 Å². The average Bonchev–Trinajstić information content (AvgIpc) is 3.25. The molecule has 3 nitrogen and oxygen atoms in total. The summed E-state index contributed by atoms with van der Waals surface area (Å²) in [5.74, 6) is -3.34. The van der Waals surface area contributed by atoms with Crippen LogP contribution in [0.1, 0.15) is 103 Å². The maximum Gasteiger partial charge on any atom is 0.456 e. The van der Waals surface area contributed by atoms with Gasteiger partial charge in [0.15, 0.2) is 8.32 Å². The van der Waals surface area contributed by atoms with E-state index in [4.69, 9.17) is 9.16 Å². The van der Waals surface area contributed by atoms with Crippen molar-refractivity contribution in [2.24, 2.45) is 22.7 Å². The molecule has 0 aromatic heterocycles. The van der Waals surface area contributed by atoms with Gasteiger partial charge in [-0.3, -0.25) is 0 Å². The molecule has 0 radical (unpaired) electrons. The number of allylic oxidation sites excluding steroid dienone is 1. The van der Waals surface area contributed by atoms with Gasteiger partial charge in [0.25, 0.3) is 0 Å². The molecule has 2 saturated carbocycles. The summed E-state index contributed by atoms with van der Waals surface area (Å²) < 4.78 is 78.0. The van der Waals surface area contributed by atoms with Gasteiger partial charge in [-0.2, -0.15) is 22.0 Å². The highest BCUT2D eigenvalue weighted by atomic mass is 28.4. The van der Waals surface area contributed by atoms with Crippen molar-refractivity contribution in [3.63, 3.8) is 0 Å². The van der Waals surface area contributed by atoms with Gasteiger partial charge in [-0.05, 0) is 115 Å². The number of unbranched alkanes of at least 4 members (excludes halogenated alkanes) is 2. The van der Waals surface area contributed by atoms with Crippen molar-refractivity contribution < 1.29 is 36.2 Å². The molecule has 4 rings (SSSR count). The third kappa shape index (κ3) is 6.15. The van der Waals surface area contributed by atoms with Crippen molar-refractivity contribution in [3.8, 4) is 5.75 Å². The summed E-state index contributed by atoms with van der Waals surface area (Å²) in [5, 5.41) is 9.73. The molecule has 2 fully saturated rings. The second-order valence-electron chi connectivity index (χ2n) is 15.6. The zero-order valence-electron chi connectivity index (χ0n) is 27.6. The van der Waals surface area contributed by atoms with Gasteiger partial charge < -0.3 is 14.3 Å². The number of rotatable bonds is 11. The van der Waals surface area contributed by atoms with Crippen LogP contribution in [0.3, 0.4) is 0 Å². The number of aryl methyl sites for hydroxylation is 1. The Morgan fingerprint density at radius 1 is 1.09 bits per heavy atom. The lowest BCUT2D eigenvalue weighted by molar-refractivity contribution is -0.313. The standard InChI is InChI=1S/C35H53F5O3Si/c1-9-33-20-19-23-21-25(42-6)15-16-26(23)30(33)24(13-11-10-12-14-28(41)34(36,37)35(38,39)40)22-32(5)27(33)17-18-29(32)43-44(7,8)31(2,3)4/h9,15-16,21,24,27-30,41H,1,10-14,17-20,22H2,2-8H3/t24-,27+,28+,29-,30+,32-,33+/m0/s1. The van der Waals surface area contributed by atoms with Gasteiger partial charge in [-0.15, -0.1) is 6.58 Å². The molecule has 1 N–H and O–H groups in total. The average molecular weight is 645 g/mol. The molecular weight excluding hydrogens is 591 g/mol. The van der Waals surface area contributed by atoms with Crippen LogP contribution < -0.4 is 4.74 Å². The van der Waals surface area contributed by atoms with Gasteiger partial charge in [-0.25, -0.2) is 0 Å². The van der Waals surface area contributed by atoms with Crippen molar-refractivity contribution in [1.82, 2.24) is 0 Å². The third-order valence-electron chi connectivity index (χ3n) is 12.1. The molecule has 3 aliphatic rings. The molecule has 1 aromatic rings. The van der Waals surface area contributed by atoms with Crippen LogP contribution in [0.25, 0.3) is 0 Å². The molecule has 3 aliphatic carbocycles. The predicted octanol–water partition coefficient (Wildman–Crippen LogP) is 10.2. The summed E-state index contributed by atoms with van der Waals surface area (Å²) in [5.41, 5.74) is 2.46. The number of ether oxygens (including phenoxy) is 1. The molecule has 0 aliphatic heterocycles. The number of benzene rings is 1. The van der Waals surface area contributed by atoms with E-state index in [1.165, 1.54) is 11.1 Å². The first-order valence-corrected chi connectivity index (χ1v) is 19.3. The number of hydrogen-bond donors (Lipinski definition) is 1. The van der Waals surface area contributed by atoms with Gasteiger partial charge in [0.2, 0.25) is 0 Å². The molecule has 0 amide bonds. The Morgan fingerprint density at radius 2 is 1.77 bits per heavy atom. The molecule has 0 unspecified atom stereocenters. The van der Waals surface area contributed by atoms with E-state index >= 15 is 0 Å². The van der Waals surface area contributed by atoms with Crippen molar-refractivity contribution >= 4 is 8.32 Å². The summed E-state index contributed by atoms with van der Waals surface area (Å²) in [6.45, 7) is 18.3. The van der Waals surface area contributed by atoms with E-state index in [2.05, 4.69) is 65.6 Å². The predicted molar refractivity (Wildman–Crippen MR) is 168 cm³/mol. The van der Waals surface area contributed by atoms with Crippen LogP contribution in [0.15, 0.2) is 30.9 Å². The molecule has 1 aromatic carbocycles. The van der Waals surface area contributed by atoms with Gasteiger partial charge >= 0.3 is 12.1 Å². The molecule has 0 saturated heterocycles. The molecule has 7 atom stereocenters. The van der Waals surface area contributed by atoms with E-state index in [1.54, 1.807) is 7.11 Å². The van der Waals surface area contributed by atoms with E-state index in [1.807, 2.05) is 6.07 Å². The van der Waals surface area contributed by atoms with Crippen LogP contribution in [0, 0.1) is 22.7 Å². The third-order valence-corrected chi connectivity index (χ3v) is 16.6. The zero-order valence-corrected chi connectivity index (χ0v) is 28.6. The molecule has 250 valence electrons. The summed E-state index contributed by atoms with van der Waals surface area (Å²) in [7, 11) is -0.366. The fourth-order valence-corrected chi connectivity index (χ4v) is 10.3. The fraction of sp³-hybridized carbons (Fsp3) is 0.771. The van der Waals surface area contributed by atoms with Crippen LogP contribution >= 0.6 is 0 Å². The van der Waals surface area contributed by atoms with Crippen LogP contribution in [-0.2, 0) is 10.8 Å². The summed E-state index contributed by atoms with van der Waals surface area (Å²) >= 11 is 0. The quantitative estimate of drug-likeness (QED) is 0.113. The maximum absolute atomic E-state index is 13.6. The van der Waals surface area contributed by atoms with E-state index in [9.17, 15) is 27.1 Å². The Balaban J connectivity index is 1.61. The lowest BCUT2D eigenvalue weighted by Crippen LogP contribution is -2.56. The number of aliphatic hydroxyl groups is 1. The second kappa shape index (κ2) is 12.3. The molecular formula is C35H53F5O3Si. The summed E-state index contributed by atoms with van der Waals surface area (Å²) in [6.07, 6.45) is 0.423. The van der Waals surface area contributed by atoms with Crippen molar-refractivity contribution in [3.05, 3.63) is 42.0 Å². The number of hydrogen-bond acceptors (Lipinski definition) is 3. The zero-order chi connectivity index (χ0) is 32.9. The van der Waals surface area contributed by atoms with Gasteiger partial charge in [0, 0.05) is 0 Å². The second-order valence-corrected chi connectivity index (χ2v) is 20.4. The number of alkyl halides is 5. The first-order chi connectivity index (χ1) is 20.2. The molecule has 0 spiro atoms. The van der Waals surface area contributed by atoms with E-state index < -0.39 is 32.9 Å². The first-order valence-electron chi connectivity index (χ1n) is 16.4. The highest BCUT2D eigenvalue weighted by Gasteiger charge is 2.65. The Hall–Kier alpha value is -1.45. The molecule has 0 heterocycles. The summed E-state index contributed by atoms with van der Waals surface area (Å²) in [6, 6.07) is 6.39. The van der Waals surface area contributed by atoms with Crippen molar-refractivity contribution in [2.75, 3.05) is 7.11 Å². The minimum absolute atomic E-state index is 0.0557. The Morgan fingerprint density at radius 3 is 2.36 bits per heavy atom. The van der Waals surface area contributed by atoms with E-state index in [-0.39, 0.29) is 40.2 Å².